The molecule has 0 aliphatic heterocycles. The van der Waals surface area contributed by atoms with Gasteiger partial charge in [-0.1, -0.05) is 33.2 Å². The van der Waals surface area contributed by atoms with Gasteiger partial charge in [0, 0.05) is 15.4 Å². The second-order valence-corrected chi connectivity index (χ2v) is 8.22. The summed E-state index contributed by atoms with van der Waals surface area (Å²) >= 11 is 3.43. The van der Waals surface area contributed by atoms with E-state index < -0.39 is 10.0 Å². The third kappa shape index (κ3) is 2.91. The molecule has 10 heteroatoms. The fourth-order valence-corrected chi connectivity index (χ4v) is 3.64. The zero-order valence-corrected chi connectivity index (χ0v) is 15.8. The minimum absolute atomic E-state index is 0.123. The van der Waals surface area contributed by atoms with Gasteiger partial charge >= 0.3 is 0 Å². The Kier molecular flexibility index (Phi) is 4.10. The topological polar surface area (TPSA) is 114 Å². The smallest absolute Gasteiger partial charge is 0.279 e. The van der Waals surface area contributed by atoms with Crippen molar-refractivity contribution < 1.29 is 12.9 Å². The van der Waals surface area contributed by atoms with Gasteiger partial charge in [0.2, 0.25) is 15.8 Å². The minimum Gasteiger partial charge on any atom is -0.332 e. The highest BCUT2D eigenvalue weighted by Gasteiger charge is 2.18. The largest absolute Gasteiger partial charge is 0.332 e. The summed E-state index contributed by atoms with van der Waals surface area (Å²) in [6, 6.07) is 12.0. The average Bonchev–Trinajstić information content (AvgIpc) is 3.28. The Balaban J connectivity index is 1.77. The van der Waals surface area contributed by atoms with E-state index in [1.54, 1.807) is 12.1 Å². The second-order valence-electron chi connectivity index (χ2n) is 5.42. The molecule has 0 radical (unpaired) electrons. The van der Waals surface area contributed by atoms with Gasteiger partial charge in [-0.15, -0.1) is 0 Å². The molecule has 2 aromatic heterocycles. The van der Waals surface area contributed by atoms with Gasteiger partial charge in [-0.25, -0.2) is 13.1 Å². The van der Waals surface area contributed by atoms with Crippen molar-refractivity contribution in [3.8, 4) is 23.0 Å². The molecule has 0 aliphatic rings. The highest BCUT2D eigenvalue weighted by molar-refractivity contribution is 9.10. The first-order valence-corrected chi connectivity index (χ1v) is 9.77. The van der Waals surface area contributed by atoms with Crippen LogP contribution < -0.4 is 4.72 Å². The molecular formula is C16H12BrN5O3S. The summed E-state index contributed by atoms with van der Waals surface area (Å²) in [6.45, 7) is 0. The summed E-state index contributed by atoms with van der Waals surface area (Å²) in [6.07, 6.45) is 0. The molecule has 4 aromatic rings. The highest BCUT2D eigenvalue weighted by atomic mass is 79.9. The van der Waals surface area contributed by atoms with Crippen LogP contribution in [-0.4, -0.2) is 35.8 Å². The predicted molar refractivity (Wildman–Crippen MR) is 98.8 cm³/mol. The molecule has 0 unspecified atom stereocenters. The number of sulfonamides is 1. The standard InChI is InChI=1S/C16H12BrN5O3S/c1-18-26(23,24)11-4-2-3-9(7-11)15-19-16(25-22-15)14-12-8-10(17)5-6-13(12)20-21-14/h2-8,18H,1H3,(H,20,21). The van der Waals surface area contributed by atoms with Gasteiger partial charge in [0.25, 0.3) is 5.89 Å². The zero-order chi connectivity index (χ0) is 18.3. The summed E-state index contributed by atoms with van der Waals surface area (Å²) in [4.78, 5) is 4.48. The van der Waals surface area contributed by atoms with Gasteiger partial charge in [0.05, 0.1) is 10.4 Å². The van der Waals surface area contributed by atoms with Crippen LogP contribution in [0.1, 0.15) is 0 Å². The molecule has 0 amide bonds. The number of nitrogens with zero attached hydrogens (tertiary/aromatic N) is 3. The SMILES string of the molecule is CNS(=O)(=O)c1cccc(-c2noc(-c3n[nH]c4ccc(Br)cc34)n2)c1. The number of hydrogen-bond donors (Lipinski definition) is 2. The van der Waals surface area contributed by atoms with Crippen molar-refractivity contribution in [3.63, 3.8) is 0 Å². The number of aromatic amines is 1. The fraction of sp³-hybridized carbons (Fsp3) is 0.0625. The molecular weight excluding hydrogens is 422 g/mol. The number of H-pyrrole nitrogens is 1. The summed E-state index contributed by atoms with van der Waals surface area (Å²) in [5.74, 6) is 0.519. The lowest BCUT2D eigenvalue weighted by Crippen LogP contribution is -2.18. The summed E-state index contributed by atoms with van der Waals surface area (Å²) in [7, 11) is -2.20. The first kappa shape index (κ1) is 16.9. The molecule has 8 nitrogen and oxygen atoms in total. The van der Waals surface area contributed by atoms with Crippen LogP contribution >= 0.6 is 15.9 Å². The van der Waals surface area contributed by atoms with Crippen molar-refractivity contribution in [1.29, 1.82) is 0 Å². The van der Waals surface area contributed by atoms with E-state index in [4.69, 9.17) is 4.52 Å². The molecule has 2 aromatic carbocycles. The molecule has 0 bridgehead atoms. The Morgan fingerprint density at radius 2 is 2.04 bits per heavy atom. The van der Waals surface area contributed by atoms with Crippen LogP contribution in [0.4, 0.5) is 0 Å². The predicted octanol–water partition coefficient (Wildman–Crippen LogP) is 2.95. The first-order chi connectivity index (χ1) is 12.5. The van der Waals surface area contributed by atoms with E-state index in [2.05, 4.69) is 41.0 Å². The third-order valence-electron chi connectivity index (χ3n) is 3.82. The molecule has 4 rings (SSSR count). The van der Waals surface area contributed by atoms with E-state index in [-0.39, 0.29) is 16.6 Å². The Morgan fingerprint density at radius 3 is 2.85 bits per heavy atom. The molecule has 26 heavy (non-hydrogen) atoms. The van der Waals surface area contributed by atoms with Crippen molar-refractivity contribution >= 4 is 36.9 Å². The van der Waals surface area contributed by atoms with Gasteiger partial charge in [0.1, 0.15) is 0 Å². The number of hydrogen-bond acceptors (Lipinski definition) is 6. The molecule has 2 heterocycles. The van der Waals surface area contributed by atoms with Crippen molar-refractivity contribution in [2.24, 2.45) is 0 Å². The van der Waals surface area contributed by atoms with Crippen LogP contribution in [-0.2, 0) is 10.0 Å². The summed E-state index contributed by atoms with van der Waals surface area (Å²) < 4.78 is 32.4. The van der Waals surface area contributed by atoms with Crippen LogP contribution in [0.3, 0.4) is 0 Å². The maximum atomic E-state index is 12.0. The molecule has 0 spiro atoms. The van der Waals surface area contributed by atoms with Crippen molar-refractivity contribution in [1.82, 2.24) is 25.1 Å². The van der Waals surface area contributed by atoms with Gasteiger partial charge in [-0.3, -0.25) is 5.10 Å². The molecule has 132 valence electrons. The monoisotopic (exact) mass is 433 g/mol. The highest BCUT2D eigenvalue weighted by Crippen LogP contribution is 2.29. The molecule has 0 atom stereocenters. The Hall–Kier alpha value is -2.56. The molecule has 0 saturated heterocycles. The third-order valence-corrected chi connectivity index (χ3v) is 5.73. The van der Waals surface area contributed by atoms with E-state index in [1.165, 1.54) is 19.2 Å². The Bertz CT molecular complexity index is 1220. The number of benzene rings is 2. The maximum absolute atomic E-state index is 12.0. The van der Waals surface area contributed by atoms with E-state index >= 15 is 0 Å². The number of rotatable bonds is 4. The zero-order valence-electron chi connectivity index (χ0n) is 13.4. The quantitative estimate of drug-likeness (QED) is 0.511. The van der Waals surface area contributed by atoms with E-state index in [9.17, 15) is 8.42 Å². The van der Waals surface area contributed by atoms with Crippen LogP contribution in [0.5, 0.6) is 0 Å². The first-order valence-electron chi connectivity index (χ1n) is 7.49. The summed E-state index contributed by atoms with van der Waals surface area (Å²) in [5, 5.41) is 11.9. The molecule has 2 N–H and O–H groups in total. The second kappa shape index (κ2) is 6.31. The summed E-state index contributed by atoms with van der Waals surface area (Å²) in [5.41, 5.74) is 1.89. The Labute approximate surface area is 156 Å². The number of halogens is 1. The minimum atomic E-state index is -3.56. The lowest BCUT2D eigenvalue weighted by Gasteiger charge is -2.02. The van der Waals surface area contributed by atoms with Crippen LogP contribution in [0, 0.1) is 0 Å². The van der Waals surface area contributed by atoms with Crippen LogP contribution in [0.15, 0.2) is 56.4 Å². The van der Waals surface area contributed by atoms with Crippen LogP contribution in [0.2, 0.25) is 0 Å². The van der Waals surface area contributed by atoms with Gasteiger partial charge < -0.3 is 4.52 Å². The number of aromatic nitrogens is 4. The van der Waals surface area contributed by atoms with E-state index in [0.717, 1.165) is 15.4 Å². The van der Waals surface area contributed by atoms with E-state index in [1.807, 2.05) is 18.2 Å². The van der Waals surface area contributed by atoms with Crippen molar-refractivity contribution in [2.75, 3.05) is 7.05 Å². The lowest BCUT2D eigenvalue weighted by molar-refractivity contribution is 0.431. The maximum Gasteiger partial charge on any atom is 0.279 e. The van der Waals surface area contributed by atoms with Crippen molar-refractivity contribution in [3.05, 3.63) is 46.9 Å². The lowest BCUT2D eigenvalue weighted by atomic mass is 10.2. The van der Waals surface area contributed by atoms with Gasteiger partial charge in [-0.2, -0.15) is 10.1 Å². The number of fused-ring (bicyclic) bond motifs is 1. The molecule has 0 aliphatic carbocycles. The van der Waals surface area contributed by atoms with Gasteiger partial charge in [0.15, 0.2) is 5.69 Å². The molecule has 0 fully saturated rings. The Morgan fingerprint density at radius 1 is 1.19 bits per heavy atom. The van der Waals surface area contributed by atoms with E-state index in [0.29, 0.717) is 11.3 Å². The fourth-order valence-electron chi connectivity index (χ4n) is 2.51. The van der Waals surface area contributed by atoms with Gasteiger partial charge in [-0.05, 0) is 37.4 Å². The van der Waals surface area contributed by atoms with Crippen LogP contribution in [0.25, 0.3) is 33.9 Å². The van der Waals surface area contributed by atoms with Crippen molar-refractivity contribution in [2.45, 2.75) is 4.90 Å². The number of nitrogens with one attached hydrogen (secondary N) is 2. The average molecular weight is 434 g/mol. The molecule has 0 saturated carbocycles. The normalized spacial score (nSPS) is 11.9.